The zero-order valence-electron chi connectivity index (χ0n) is 17.1. The molecule has 8 heteroatoms. The summed E-state index contributed by atoms with van der Waals surface area (Å²) in [5.41, 5.74) is 16.0. The highest BCUT2D eigenvalue weighted by molar-refractivity contribution is 5.85. The third-order valence-electron chi connectivity index (χ3n) is 6.06. The van der Waals surface area contributed by atoms with E-state index in [1.807, 2.05) is 31.4 Å². The zero-order valence-corrected chi connectivity index (χ0v) is 17.1. The molecule has 0 amide bonds. The average Bonchev–Trinajstić information content (AvgIpc) is 3.46. The molecule has 1 aliphatic carbocycles. The number of aryl methyl sites for hydroxylation is 2. The van der Waals surface area contributed by atoms with Gasteiger partial charge in [0.05, 0.1) is 23.0 Å². The van der Waals surface area contributed by atoms with Crippen LogP contribution in [-0.2, 0) is 13.5 Å². The van der Waals surface area contributed by atoms with Gasteiger partial charge in [0, 0.05) is 24.2 Å². The lowest BCUT2D eigenvalue weighted by Crippen LogP contribution is -2.10. The molecule has 0 bridgehead atoms. The summed E-state index contributed by atoms with van der Waals surface area (Å²) < 4.78 is 3.46. The lowest BCUT2D eigenvalue weighted by Gasteiger charge is -2.09. The van der Waals surface area contributed by atoms with Crippen molar-refractivity contribution in [3.8, 4) is 17.1 Å². The second-order valence-electron chi connectivity index (χ2n) is 8.14. The molecule has 1 aliphatic rings. The highest BCUT2D eigenvalue weighted by atomic mass is 15.4. The number of nitrogens with zero attached hydrogens (tertiary/aromatic N) is 6. The number of hydrogen-bond acceptors (Lipinski definition) is 6. The van der Waals surface area contributed by atoms with Crippen molar-refractivity contribution in [1.29, 1.82) is 0 Å². The molecule has 0 saturated heterocycles. The molecular formula is C22H26N8. The van der Waals surface area contributed by atoms with E-state index in [0.717, 1.165) is 34.5 Å². The van der Waals surface area contributed by atoms with Gasteiger partial charge in [-0.2, -0.15) is 24.8 Å². The van der Waals surface area contributed by atoms with Crippen molar-refractivity contribution >= 4 is 22.5 Å². The Morgan fingerprint density at radius 3 is 2.50 bits per heavy atom. The first kappa shape index (κ1) is 18.6. The van der Waals surface area contributed by atoms with E-state index in [2.05, 4.69) is 21.1 Å². The maximum atomic E-state index is 6.28. The number of para-hydroxylation sites is 1. The Hall–Kier alpha value is -3.42. The summed E-state index contributed by atoms with van der Waals surface area (Å²) in [4.78, 5) is 9.08. The second-order valence-corrected chi connectivity index (χ2v) is 8.14. The molecule has 1 fully saturated rings. The quantitative estimate of drug-likeness (QED) is 0.528. The summed E-state index contributed by atoms with van der Waals surface area (Å²) in [5.74, 6) is 1.84. The number of hydrogen-bond donors (Lipinski definition) is 2. The molecule has 0 aliphatic heterocycles. The molecule has 4 aromatic rings. The standard InChI is InChI=1S/C22H26N8/c1-29-13-15(12-25-29)19-20(23)26-22(27-21(19)24)30-18-9-5-4-8-16(18)17(28-30)11-10-14-6-2-3-7-14/h4-5,8-9,12-14H,2-3,6-7,10-11H2,1H3,(H4,23,24,26,27). The normalized spacial score (nSPS) is 14.7. The predicted molar refractivity (Wildman–Crippen MR) is 118 cm³/mol. The maximum absolute atomic E-state index is 6.28. The summed E-state index contributed by atoms with van der Waals surface area (Å²) in [6.45, 7) is 0. The molecule has 3 heterocycles. The molecule has 1 saturated carbocycles. The zero-order chi connectivity index (χ0) is 20.7. The van der Waals surface area contributed by atoms with Crippen molar-refractivity contribution in [3.63, 3.8) is 0 Å². The highest BCUT2D eigenvalue weighted by Crippen LogP contribution is 2.32. The largest absolute Gasteiger partial charge is 0.383 e. The summed E-state index contributed by atoms with van der Waals surface area (Å²) in [5, 5.41) is 10.2. The smallest absolute Gasteiger partial charge is 0.255 e. The Kier molecular flexibility index (Phi) is 4.61. The number of fused-ring (bicyclic) bond motifs is 1. The highest BCUT2D eigenvalue weighted by Gasteiger charge is 2.20. The number of rotatable bonds is 5. The van der Waals surface area contributed by atoms with Gasteiger partial charge in [-0.3, -0.25) is 4.68 Å². The van der Waals surface area contributed by atoms with Crippen molar-refractivity contribution in [2.75, 3.05) is 11.5 Å². The third-order valence-corrected chi connectivity index (χ3v) is 6.06. The first-order valence-corrected chi connectivity index (χ1v) is 10.5. The summed E-state index contributed by atoms with van der Waals surface area (Å²) in [6, 6.07) is 8.19. The van der Waals surface area contributed by atoms with E-state index in [4.69, 9.17) is 16.6 Å². The van der Waals surface area contributed by atoms with E-state index in [1.54, 1.807) is 15.6 Å². The molecule has 30 heavy (non-hydrogen) atoms. The molecule has 4 N–H and O–H groups in total. The van der Waals surface area contributed by atoms with Crippen LogP contribution in [0.3, 0.4) is 0 Å². The van der Waals surface area contributed by atoms with Gasteiger partial charge in [0.1, 0.15) is 11.6 Å². The number of nitrogen functional groups attached to an aromatic ring is 2. The van der Waals surface area contributed by atoms with E-state index < -0.39 is 0 Å². The Morgan fingerprint density at radius 2 is 1.80 bits per heavy atom. The molecule has 5 rings (SSSR count). The van der Waals surface area contributed by atoms with Gasteiger partial charge in [0.2, 0.25) is 0 Å². The fraction of sp³-hybridized carbons (Fsp3) is 0.364. The fourth-order valence-corrected chi connectivity index (χ4v) is 4.53. The molecule has 8 nitrogen and oxygen atoms in total. The Balaban J connectivity index is 1.54. The van der Waals surface area contributed by atoms with Gasteiger partial charge in [-0.1, -0.05) is 43.9 Å². The second kappa shape index (κ2) is 7.44. The van der Waals surface area contributed by atoms with E-state index in [9.17, 15) is 0 Å². The van der Waals surface area contributed by atoms with Crippen LogP contribution in [0.5, 0.6) is 0 Å². The van der Waals surface area contributed by atoms with Gasteiger partial charge in [0.25, 0.3) is 5.95 Å². The molecule has 3 aromatic heterocycles. The number of nitrogens with two attached hydrogens (primary N) is 2. The van der Waals surface area contributed by atoms with Crippen molar-refractivity contribution < 1.29 is 0 Å². The van der Waals surface area contributed by atoms with Gasteiger partial charge in [0.15, 0.2) is 0 Å². The van der Waals surface area contributed by atoms with E-state index in [-0.39, 0.29) is 0 Å². The van der Waals surface area contributed by atoms with Gasteiger partial charge in [-0.05, 0) is 24.8 Å². The summed E-state index contributed by atoms with van der Waals surface area (Å²) in [7, 11) is 1.84. The van der Waals surface area contributed by atoms with E-state index >= 15 is 0 Å². The maximum Gasteiger partial charge on any atom is 0.255 e. The topological polar surface area (TPSA) is 113 Å². The van der Waals surface area contributed by atoms with Crippen molar-refractivity contribution in [1.82, 2.24) is 29.5 Å². The van der Waals surface area contributed by atoms with Crippen LogP contribution in [0.25, 0.3) is 28.0 Å². The van der Waals surface area contributed by atoms with Crippen LogP contribution < -0.4 is 11.5 Å². The van der Waals surface area contributed by atoms with Gasteiger partial charge in [-0.25, -0.2) is 0 Å². The van der Waals surface area contributed by atoms with Gasteiger partial charge >= 0.3 is 0 Å². The minimum atomic E-state index is 0.317. The first-order chi connectivity index (χ1) is 14.6. The Bertz CT molecular complexity index is 1180. The monoisotopic (exact) mass is 402 g/mol. The van der Waals surface area contributed by atoms with Crippen molar-refractivity contribution in [2.45, 2.75) is 38.5 Å². The molecular weight excluding hydrogens is 376 g/mol. The van der Waals surface area contributed by atoms with Gasteiger partial charge in [-0.15, -0.1) is 0 Å². The summed E-state index contributed by atoms with van der Waals surface area (Å²) in [6.07, 6.45) is 11.1. The molecule has 0 spiro atoms. The lowest BCUT2D eigenvalue weighted by atomic mass is 9.99. The van der Waals surface area contributed by atoms with Crippen LogP contribution in [0.15, 0.2) is 36.7 Å². The van der Waals surface area contributed by atoms with Crippen LogP contribution in [0.2, 0.25) is 0 Å². The van der Waals surface area contributed by atoms with Crippen LogP contribution in [-0.4, -0.2) is 29.5 Å². The first-order valence-electron chi connectivity index (χ1n) is 10.5. The van der Waals surface area contributed by atoms with E-state index in [0.29, 0.717) is 23.1 Å². The number of benzene rings is 1. The van der Waals surface area contributed by atoms with Crippen LogP contribution in [0.4, 0.5) is 11.6 Å². The molecule has 0 unspecified atom stereocenters. The SMILES string of the molecule is Cn1cc(-c2c(N)nc(-n3nc(CCC4CCCC4)c4ccccc43)nc2N)cn1. The molecule has 1 aromatic carbocycles. The van der Waals surface area contributed by atoms with Crippen LogP contribution >= 0.6 is 0 Å². The Morgan fingerprint density at radius 1 is 1.07 bits per heavy atom. The molecule has 154 valence electrons. The van der Waals surface area contributed by atoms with E-state index in [1.165, 1.54) is 32.1 Å². The third kappa shape index (κ3) is 3.28. The lowest BCUT2D eigenvalue weighted by molar-refractivity contribution is 0.500. The minimum Gasteiger partial charge on any atom is -0.383 e. The van der Waals surface area contributed by atoms with Crippen molar-refractivity contribution in [3.05, 3.63) is 42.4 Å². The average molecular weight is 403 g/mol. The molecule has 0 atom stereocenters. The van der Waals surface area contributed by atoms with Gasteiger partial charge < -0.3 is 11.5 Å². The predicted octanol–water partition coefficient (Wildman–Crippen LogP) is 3.50. The number of aromatic nitrogens is 6. The fourth-order valence-electron chi connectivity index (χ4n) is 4.53. The minimum absolute atomic E-state index is 0.317. The van der Waals surface area contributed by atoms with Crippen molar-refractivity contribution in [2.24, 2.45) is 13.0 Å². The Labute approximate surface area is 174 Å². The van der Waals surface area contributed by atoms with Crippen LogP contribution in [0.1, 0.15) is 37.8 Å². The summed E-state index contributed by atoms with van der Waals surface area (Å²) >= 11 is 0. The molecule has 0 radical (unpaired) electrons. The number of anilines is 2. The van der Waals surface area contributed by atoms with Crippen LogP contribution in [0, 0.1) is 5.92 Å².